The molecule has 0 saturated heterocycles. The van der Waals surface area contributed by atoms with Gasteiger partial charge in [-0.2, -0.15) is 4.98 Å². The summed E-state index contributed by atoms with van der Waals surface area (Å²) >= 11 is 1.37. The van der Waals surface area contributed by atoms with Gasteiger partial charge < -0.3 is 19.6 Å². The van der Waals surface area contributed by atoms with Crippen LogP contribution in [0.4, 0.5) is 5.82 Å². The molecule has 2 N–H and O–H groups in total. The van der Waals surface area contributed by atoms with Crippen LogP contribution in [0.2, 0.25) is 0 Å². The van der Waals surface area contributed by atoms with Gasteiger partial charge in [0.05, 0.1) is 30.1 Å². The van der Waals surface area contributed by atoms with Crippen molar-refractivity contribution in [3.8, 4) is 0 Å². The number of aromatic nitrogens is 4. The Kier molecular flexibility index (Phi) is 5.86. The van der Waals surface area contributed by atoms with Gasteiger partial charge in [0.25, 0.3) is 5.56 Å². The molecule has 12 heteroatoms. The number of furan rings is 1. The van der Waals surface area contributed by atoms with Gasteiger partial charge in [-0.05, 0) is 25.3 Å². The van der Waals surface area contributed by atoms with E-state index in [0.29, 0.717) is 16.0 Å². The molecule has 166 valence electrons. The number of rotatable bonds is 7. The maximum atomic E-state index is 12.4. The van der Waals surface area contributed by atoms with Crippen molar-refractivity contribution in [3.63, 3.8) is 0 Å². The lowest BCUT2D eigenvalue weighted by Gasteiger charge is -2.07. The molecule has 0 atom stereocenters. The minimum atomic E-state index is -0.580. The lowest BCUT2D eigenvalue weighted by molar-refractivity contribution is -0.145. The molecular formula is C20H19N5O6S. The molecule has 0 spiro atoms. The van der Waals surface area contributed by atoms with Crippen molar-refractivity contribution in [2.75, 3.05) is 12.3 Å². The van der Waals surface area contributed by atoms with Gasteiger partial charge in [-0.3, -0.25) is 14.2 Å². The van der Waals surface area contributed by atoms with E-state index in [1.165, 1.54) is 22.2 Å². The number of nitrogens with zero attached hydrogens (tertiary/aromatic N) is 4. The Morgan fingerprint density at radius 3 is 2.88 bits per heavy atom. The van der Waals surface area contributed by atoms with Gasteiger partial charge >= 0.3 is 11.9 Å². The number of thiophene rings is 1. The van der Waals surface area contributed by atoms with Gasteiger partial charge in [-0.15, -0.1) is 11.3 Å². The number of fused-ring (bicyclic) bond motifs is 2. The number of anilines is 1. The molecule has 0 aliphatic heterocycles. The average Bonchev–Trinajstić information content (AvgIpc) is 3.36. The Morgan fingerprint density at radius 1 is 1.28 bits per heavy atom. The first-order valence-electron chi connectivity index (χ1n) is 9.70. The summed E-state index contributed by atoms with van der Waals surface area (Å²) in [6.45, 7) is 3.36. The second kappa shape index (κ2) is 8.75. The fourth-order valence-corrected chi connectivity index (χ4v) is 3.90. The summed E-state index contributed by atoms with van der Waals surface area (Å²) in [5.41, 5.74) is 6.06. The molecule has 11 nitrogen and oxygen atoms in total. The minimum absolute atomic E-state index is 0.0163. The van der Waals surface area contributed by atoms with Crippen LogP contribution >= 0.6 is 11.3 Å². The maximum absolute atomic E-state index is 12.4. The van der Waals surface area contributed by atoms with Gasteiger partial charge in [0.1, 0.15) is 22.0 Å². The zero-order valence-electron chi connectivity index (χ0n) is 17.3. The zero-order valence-corrected chi connectivity index (χ0v) is 18.1. The highest BCUT2D eigenvalue weighted by Crippen LogP contribution is 2.29. The summed E-state index contributed by atoms with van der Waals surface area (Å²) in [5, 5.41) is 2.56. The molecule has 4 aromatic heterocycles. The van der Waals surface area contributed by atoms with E-state index in [4.69, 9.17) is 19.6 Å². The Balaban J connectivity index is 1.43. The number of hydrogen-bond donors (Lipinski definition) is 1. The molecule has 0 saturated carbocycles. The Bertz CT molecular complexity index is 1390. The number of nitrogen functional groups attached to an aromatic ring is 1. The van der Waals surface area contributed by atoms with E-state index in [1.807, 2.05) is 0 Å². The van der Waals surface area contributed by atoms with Gasteiger partial charge in [-0.1, -0.05) is 0 Å². The van der Waals surface area contributed by atoms with Crippen molar-refractivity contribution in [1.82, 2.24) is 19.5 Å². The van der Waals surface area contributed by atoms with Crippen molar-refractivity contribution in [3.05, 3.63) is 45.3 Å². The van der Waals surface area contributed by atoms with Crippen LogP contribution in [0.1, 0.15) is 35.3 Å². The highest BCUT2D eigenvalue weighted by molar-refractivity contribution is 7.16. The number of nitrogens with two attached hydrogens (primary N) is 1. The van der Waals surface area contributed by atoms with E-state index in [1.54, 1.807) is 25.3 Å². The molecule has 4 heterocycles. The van der Waals surface area contributed by atoms with Crippen LogP contribution in [0.3, 0.4) is 0 Å². The number of hydrogen-bond acceptors (Lipinski definition) is 11. The maximum Gasteiger partial charge on any atom is 0.342 e. The Morgan fingerprint density at radius 2 is 2.09 bits per heavy atom. The van der Waals surface area contributed by atoms with Gasteiger partial charge in [0, 0.05) is 6.54 Å². The lowest BCUT2D eigenvalue weighted by Crippen LogP contribution is -2.22. The third kappa shape index (κ3) is 4.04. The summed E-state index contributed by atoms with van der Waals surface area (Å²) in [6.07, 6.45) is 1.37. The molecule has 0 fully saturated rings. The second-order valence-corrected chi connectivity index (χ2v) is 7.65. The van der Waals surface area contributed by atoms with E-state index in [9.17, 15) is 14.4 Å². The third-order valence-corrected chi connectivity index (χ3v) is 5.47. The van der Waals surface area contributed by atoms with Gasteiger partial charge in [0.2, 0.25) is 5.71 Å². The predicted octanol–water partition coefficient (Wildman–Crippen LogP) is 2.20. The van der Waals surface area contributed by atoms with Crippen molar-refractivity contribution in [2.45, 2.75) is 33.4 Å². The molecule has 32 heavy (non-hydrogen) atoms. The van der Waals surface area contributed by atoms with Crippen LogP contribution in [-0.2, 0) is 27.4 Å². The van der Waals surface area contributed by atoms with Gasteiger partial charge in [0.15, 0.2) is 12.4 Å². The van der Waals surface area contributed by atoms with Gasteiger partial charge in [-0.25, -0.2) is 14.8 Å². The van der Waals surface area contributed by atoms with E-state index >= 15 is 0 Å². The predicted molar refractivity (Wildman–Crippen MR) is 115 cm³/mol. The number of aryl methyl sites for hydroxylation is 2. The Labute approximate surface area is 184 Å². The monoisotopic (exact) mass is 457 g/mol. The standard InChI is InChI=1S/C20H19N5O6S/c1-3-29-20(28)14-10(2)31-17-15(14)16(21)23-12(24-17)8-30-13(26)4-6-25-9-22-18-11(19(25)27)5-7-32-18/h5,7,9H,3-4,6,8H2,1-2H3,(H2,21,23,24). The highest BCUT2D eigenvalue weighted by Gasteiger charge is 2.24. The molecule has 0 aliphatic rings. The van der Waals surface area contributed by atoms with Crippen molar-refractivity contribution in [2.24, 2.45) is 0 Å². The molecule has 0 amide bonds. The van der Waals surface area contributed by atoms with Crippen LogP contribution in [-0.4, -0.2) is 38.1 Å². The summed E-state index contributed by atoms with van der Waals surface area (Å²) < 4.78 is 17.1. The van der Waals surface area contributed by atoms with E-state index in [2.05, 4.69) is 15.0 Å². The number of esters is 2. The lowest BCUT2D eigenvalue weighted by atomic mass is 10.2. The van der Waals surface area contributed by atoms with Crippen molar-refractivity contribution in [1.29, 1.82) is 0 Å². The summed E-state index contributed by atoms with van der Waals surface area (Å²) in [5.74, 6) is -0.695. The van der Waals surface area contributed by atoms with Crippen molar-refractivity contribution < 1.29 is 23.5 Å². The first kappa shape index (κ1) is 21.4. The molecule has 4 aromatic rings. The molecule has 0 aromatic carbocycles. The largest absolute Gasteiger partial charge is 0.462 e. The first-order chi connectivity index (χ1) is 15.4. The first-order valence-corrected chi connectivity index (χ1v) is 10.6. The van der Waals surface area contributed by atoms with E-state index < -0.39 is 11.9 Å². The minimum Gasteiger partial charge on any atom is -0.462 e. The van der Waals surface area contributed by atoms with Crippen LogP contribution in [0.5, 0.6) is 0 Å². The third-order valence-electron chi connectivity index (χ3n) is 4.65. The fraction of sp³-hybridized carbons (Fsp3) is 0.300. The molecule has 0 radical (unpaired) electrons. The smallest absolute Gasteiger partial charge is 0.342 e. The van der Waals surface area contributed by atoms with E-state index in [0.717, 1.165) is 0 Å². The molecular weight excluding hydrogens is 438 g/mol. The topological polar surface area (TPSA) is 152 Å². The van der Waals surface area contributed by atoms with Crippen LogP contribution in [0.25, 0.3) is 21.3 Å². The number of carbonyl (C=O) groups excluding carboxylic acids is 2. The summed E-state index contributed by atoms with van der Waals surface area (Å²) in [7, 11) is 0. The zero-order chi connectivity index (χ0) is 22.8. The quantitative estimate of drug-likeness (QED) is 0.409. The summed E-state index contributed by atoms with van der Waals surface area (Å²) in [6, 6.07) is 1.70. The molecule has 0 bridgehead atoms. The fourth-order valence-electron chi connectivity index (χ4n) is 3.18. The normalized spacial score (nSPS) is 11.2. The van der Waals surface area contributed by atoms with Crippen LogP contribution in [0.15, 0.2) is 27.0 Å². The number of ether oxygens (including phenoxy) is 2. The SMILES string of the molecule is CCOC(=O)c1c(C)oc2nc(COC(=O)CCn3cnc4sccc4c3=O)nc(N)c12. The second-order valence-electron chi connectivity index (χ2n) is 6.75. The molecule has 4 rings (SSSR count). The Hall–Kier alpha value is -3.80. The average molecular weight is 457 g/mol. The van der Waals surface area contributed by atoms with Crippen LogP contribution in [0, 0.1) is 6.92 Å². The highest BCUT2D eigenvalue weighted by atomic mass is 32.1. The van der Waals surface area contributed by atoms with Crippen molar-refractivity contribution >= 4 is 50.4 Å². The van der Waals surface area contributed by atoms with E-state index in [-0.39, 0.29) is 60.0 Å². The number of carbonyl (C=O) groups is 2. The van der Waals surface area contributed by atoms with Crippen LogP contribution < -0.4 is 11.3 Å². The molecule has 0 aliphatic carbocycles. The molecule has 0 unspecified atom stereocenters. The summed E-state index contributed by atoms with van der Waals surface area (Å²) in [4.78, 5) is 49.8.